The third-order valence-corrected chi connectivity index (χ3v) is 7.06. The molecule has 4 aliphatic rings. The highest BCUT2D eigenvalue weighted by molar-refractivity contribution is 5.80. The van der Waals surface area contributed by atoms with Crippen LogP contribution in [-0.4, -0.2) is 61.6 Å². The van der Waals surface area contributed by atoms with Crippen LogP contribution in [0.4, 0.5) is 4.39 Å². The molecule has 1 aliphatic carbocycles. The lowest BCUT2D eigenvalue weighted by Gasteiger charge is -2.35. The lowest BCUT2D eigenvalue weighted by Crippen LogP contribution is -2.47. The molecule has 1 aromatic carbocycles. The zero-order chi connectivity index (χ0) is 19.3. The van der Waals surface area contributed by atoms with E-state index in [1.807, 2.05) is 0 Å². The van der Waals surface area contributed by atoms with Gasteiger partial charge in [-0.2, -0.15) is 0 Å². The Labute approximate surface area is 166 Å². The summed E-state index contributed by atoms with van der Waals surface area (Å²) in [5.41, 5.74) is 0.923. The quantitative estimate of drug-likeness (QED) is 0.862. The smallest absolute Gasteiger partial charge is 0.225 e. The van der Waals surface area contributed by atoms with Gasteiger partial charge in [0.2, 0.25) is 5.91 Å². The molecule has 1 N–H and O–H groups in total. The van der Waals surface area contributed by atoms with E-state index in [2.05, 4.69) is 22.2 Å². The fourth-order valence-corrected chi connectivity index (χ4v) is 5.25. The highest BCUT2D eigenvalue weighted by Gasteiger charge is 2.50. The van der Waals surface area contributed by atoms with Crippen molar-refractivity contribution >= 4 is 5.91 Å². The van der Waals surface area contributed by atoms with Gasteiger partial charge in [-0.3, -0.25) is 9.69 Å². The summed E-state index contributed by atoms with van der Waals surface area (Å²) in [5.74, 6) is 1.45. The zero-order valence-corrected chi connectivity index (χ0v) is 16.6. The number of nitrogens with one attached hydrogen (secondary N) is 1. The number of carbonyl (C=O) groups excluding carboxylic acids is 1. The minimum Gasteiger partial charge on any atom is -0.493 e. The number of halogens is 1. The molecule has 28 heavy (non-hydrogen) atoms. The summed E-state index contributed by atoms with van der Waals surface area (Å²) in [7, 11) is 2.13. The molecule has 152 valence electrons. The second-order valence-electron chi connectivity index (χ2n) is 9.19. The molecule has 0 unspecified atom stereocenters. The molecular weight excluding hydrogens is 357 g/mol. The molecule has 1 amide bonds. The largest absolute Gasteiger partial charge is 0.493 e. The molecule has 6 heteroatoms. The van der Waals surface area contributed by atoms with Crippen molar-refractivity contribution in [2.45, 2.75) is 37.8 Å². The molecule has 1 saturated carbocycles. The Balaban J connectivity index is 1.36. The molecular formula is C22H30FN3O2. The molecule has 0 spiro atoms. The van der Waals surface area contributed by atoms with Gasteiger partial charge < -0.3 is 15.0 Å². The van der Waals surface area contributed by atoms with Crippen molar-refractivity contribution in [3.8, 4) is 5.75 Å². The Morgan fingerprint density at radius 3 is 2.79 bits per heavy atom. The molecule has 1 aromatic rings. The summed E-state index contributed by atoms with van der Waals surface area (Å²) in [4.78, 5) is 17.9. The van der Waals surface area contributed by atoms with Gasteiger partial charge in [-0.1, -0.05) is 0 Å². The number of hydrogen-bond acceptors (Lipinski definition) is 4. The van der Waals surface area contributed by atoms with Crippen LogP contribution in [0.5, 0.6) is 5.75 Å². The maximum Gasteiger partial charge on any atom is 0.225 e. The third kappa shape index (κ3) is 3.52. The Hall–Kier alpha value is -1.66. The first kappa shape index (κ1) is 18.4. The van der Waals surface area contributed by atoms with E-state index in [1.54, 1.807) is 12.1 Å². The lowest BCUT2D eigenvalue weighted by atomic mass is 9.84. The normalized spacial score (nSPS) is 31.1. The Kier molecular flexibility index (Phi) is 4.79. The number of amides is 1. The SMILES string of the molecule is CN1CCC(NC(=O)[C@@H]2CN(CC3CC3)[C@H]3c4cc(F)ccc4OC[C@@H]23)CC1. The highest BCUT2D eigenvalue weighted by atomic mass is 19.1. The number of rotatable bonds is 4. The first-order valence-electron chi connectivity index (χ1n) is 10.7. The number of carbonyl (C=O) groups is 1. The summed E-state index contributed by atoms with van der Waals surface area (Å²) in [6.07, 6.45) is 4.57. The van der Waals surface area contributed by atoms with Crippen LogP contribution < -0.4 is 10.1 Å². The summed E-state index contributed by atoms with van der Waals surface area (Å²) < 4.78 is 20.0. The zero-order valence-electron chi connectivity index (χ0n) is 16.6. The molecule has 0 aromatic heterocycles. The van der Waals surface area contributed by atoms with Gasteiger partial charge in [-0.15, -0.1) is 0 Å². The van der Waals surface area contributed by atoms with Crippen molar-refractivity contribution in [1.29, 1.82) is 0 Å². The maximum absolute atomic E-state index is 14.0. The summed E-state index contributed by atoms with van der Waals surface area (Å²) >= 11 is 0. The van der Waals surface area contributed by atoms with Crippen LogP contribution >= 0.6 is 0 Å². The first-order valence-corrected chi connectivity index (χ1v) is 10.7. The van der Waals surface area contributed by atoms with Gasteiger partial charge in [-0.05, 0) is 69.9 Å². The first-order chi connectivity index (χ1) is 13.6. The molecule has 2 saturated heterocycles. The van der Waals surface area contributed by atoms with E-state index in [-0.39, 0.29) is 35.6 Å². The van der Waals surface area contributed by atoms with E-state index in [0.29, 0.717) is 6.61 Å². The van der Waals surface area contributed by atoms with Gasteiger partial charge in [0.05, 0.1) is 12.5 Å². The molecule has 3 atom stereocenters. The van der Waals surface area contributed by atoms with Crippen molar-refractivity contribution in [3.63, 3.8) is 0 Å². The fourth-order valence-electron chi connectivity index (χ4n) is 5.25. The van der Waals surface area contributed by atoms with Crippen LogP contribution in [0.25, 0.3) is 0 Å². The predicted octanol–water partition coefficient (Wildman–Crippen LogP) is 2.43. The summed E-state index contributed by atoms with van der Waals surface area (Å²) in [6.45, 7) is 4.37. The monoisotopic (exact) mass is 387 g/mol. The van der Waals surface area contributed by atoms with Crippen molar-refractivity contribution in [2.75, 3.05) is 39.8 Å². The number of benzene rings is 1. The van der Waals surface area contributed by atoms with Crippen LogP contribution in [0.1, 0.15) is 37.3 Å². The average Bonchev–Trinajstić information content (AvgIpc) is 3.42. The Bertz CT molecular complexity index is 745. The second-order valence-corrected chi connectivity index (χ2v) is 9.19. The Morgan fingerprint density at radius 2 is 2.04 bits per heavy atom. The van der Waals surface area contributed by atoms with Gasteiger partial charge in [-0.25, -0.2) is 4.39 Å². The Morgan fingerprint density at radius 1 is 1.25 bits per heavy atom. The van der Waals surface area contributed by atoms with E-state index in [9.17, 15) is 9.18 Å². The van der Waals surface area contributed by atoms with Gasteiger partial charge in [0.25, 0.3) is 0 Å². The maximum atomic E-state index is 14.0. The number of hydrogen-bond donors (Lipinski definition) is 1. The van der Waals surface area contributed by atoms with Crippen LogP contribution in [0.2, 0.25) is 0 Å². The standard InChI is InChI=1S/C22H30FN3O2/c1-25-8-6-16(7-9-25)24-22(27)18-12-26(11-14-2-3-14)21-17-10-15(23)4-5-20(17)28-13-19(18)21/h4-5,10,14,16,18-19,21H,2-3,6-9,11-13H2,1H3,(H,24,27)/t18-,19+,21+/m1/s1. The molecule has 5 nitrogen and oxygen atoms in total. The lowest BCUT2D eigenvalue weighted by molar-refractivity contribution is -0.127. The van der Waals surface area contributed by atoms with Gasteiger partial charge in [0.1, 0.15) is 11.6 Å². The topological polar surface area (TPSA) is 44.8 Å². The van der Waals surface area contributed by atoms with Crippen LogP contribution in [0, 0.1) is 23.6 Å². The number of piperidine rings is 1. The van der Waals surface area contributed by atoms with Gasteiger partial charge in [0.15, 0.2) is 0 Å². The molecule has 3 heterocycles. The summed E-state index contributed by atoms with van der Waals surface area (Å²) in [6, 6.07) is 5.18. The number of likely N-dealkylation sites (tertiary alicyclic amines) is 2. The number of fused-ring (bicyclic) bond motifs is 3. The van der Waals surface area contributed by atoms with Gasteiger partial charge >= 0.3 is 0 Å². The fraction of sp³-hybridized carbons (Fsp3) is 0.682. The number of nitrogens with zero attached hydrogens (tertiary/aromatic N) is 2. The molecule has 3 fully saturated rings. The van der Waals surface area contributed by atoms with Gasteiger partial charge in [0, 0.05) is 36.7 Å². The number of ether oxygens (including phenoxy) is 1. The van der Waals surface area contributed by atoms with Crippen LogP contribution in [-0.2, 0) is 4.79 Å². The predicted molar refractivity (Wildman–Crippen MR) is 105 cm³/mol. The van der Waals surface area contributed by atoms with Crippen molar-refractivity contribution in [1.82, 2.24) is 15.1 Å². The minimum atomic E-state index is -0.228. The van der Waals surface area contributed by atoms with E-state index in [1.165, 1.54) is 18.9 Å². The average molecular weight is 387 g/mol. The third-order valence-electron chi connectivity index (χ3n) is 7.06. The van der Waals surface area contributed by atoms with Crippen molar-refractivity contribution in [3.05, 3.63) is 29.6 Å². The van der Waals surface area contributed by atoms with E-state index in [4.69, 9.17) is 4.74 Å². The van der Waals surface area contributed by atoms with Crippen molar-refractivity contribution < 1.29 is 13.9 Å². The van der Waals surface area contributed by atoms with Crippen LogP contribution in [0.3, 0.4) is 0 Å². The summed E-state index contributed by atoms with van der Waals surface area (Å²) in [5, 5.41) is 3.32. The van der Waals surface area contributed by atoms with E-state index >= 15 is 0 Å². The van der Waals surface area contributed by atoms with Crippen LogP contribution in [0.15, 0.2) is 18.2 Å². The second kappa shape index (κ2) is 7.30. The minimum absolute atomic E-state index is 0.0835. The van der Waals surface area contributed by atoms with E-state index < -0.39 is 0 Å². The molecule has 5 rings (SSSR count). The van der Waals surface area contributed by atoms with Crippen molar-refractivity contribution in [2.24, 2.45) is 17.8 Å². The highest BCUT2D eigenvalue weighted by Crippen LogP contribution is 2.49. The molecule has 3 aliphatic heterocycles. The molecule has 0 bridgehead atoms. The molecule has 0 radical (unpaired) electrons. The van der Waals surface area contributed by atoms with E-state index in [0.717, 1.165) is 56.3 Å².